The van der Waals surface area contributed by atoms with Gasteiger partial charge in [0, 0.05) is 24.3 Å². The minimum atomic E-state index is -0.467. The van der Waals surface area contributed by atoms with Crippen LogP contribution >= 0.6 is 0 Å². The van der Waals surface area contributed by atoms with Crippen LogP contribution in [0.3, 0.4) is 0 Å². The molecule has 0 aliphatic heterocycles. The summed E-state index contributed by atoms with van der Waals surface area (Å²) in [7, 11) is 0. The Labute approximate surface area is 92.8 Å². The molecule has 0 unspecified atom stereocenters. The molecular weight excluding hydrogens is 208 g/mol. The van der Waals surface area contributed by atoms with Crippen LogP contribution in [0.5, 0.6) is 0 Å². The molecule has 6 heteroatoms. The first-order valence-electron chi connectivity index (χ1n) is 4.72. The molecule has 0 heterocycles. The Morgan fingerprint density at radius 2 is 1.94 bits per heavy atom. The monoisotopic (exact) mass is 222 g/mol. The SMILES string of the molecule is NC(=O)CCNC(=O)c1ccc(N)cc1N. The number of anilines is 2. The van der Waals surface area contributed by atoms with E-state index in [4.69, 9.17) is 17.2 Å². The van der Waals surface area contributed by atoms with Gasteiger partial charge in [-0.25, -0.2) is 0 Å². The van der Waals surface area contributed by atoms with Crippen molar-refractivity contribution in [2.45, 2.75) is 6.42 Å². The normalized spacial score (nSPS) is 9.75. The van der Waals surface area contributed by atoms with Crippen LogP contribution in [0.25, 0.3) is 0 Å². The van der Waals surface area contributed by atoms with Crippen molar-refractivity contribution >= 4 is 23.2 Å². The van der Waals surface area contributed by atoms with Gasteiger partial charge in [0.05, 0.1) is 5.56 Å². The summed E-state index contributed by atoms with van der Waals surface area (Å²) in [4.78, 5) is 22.0. The van der Waals surface area contributed by atoms with Crippen molar-refractivity contribution in [2.24, 2.45) is 5.73 Å². The zero-order valence-electron chi connectivity index (χ0n) is 8.69. The van der Waals surface area contributed by atoms with Gasteiger partial charge in [0.25, 0.3) is 5.91 Å². The van der Waals surface area contributed by atoms with Gasteiger partial charge in [-0.15, -0.1) is 0 Å². The van der Waals surface area contributed by atoms with Crippen LogP contribution in [0, 0.1) is 0 Å². The van der Waals surface area contributed by atoms with E-state index in [1.54, 1.807) is 6.07 Å². The molecule has 16 heavy (non-hydrogen) atoms. The standard InChI is InChI=1S/C10H14N4O2/c11-6-1-2-7(8(12)5-6)10(16)14-4-3-9(13)15/h1-2,5H,3-4,11-12H2,(H2,13,15)(H,14,16). The van der Waals surface area contributed by atoms with Crippen LogP contribution in [0.15, 0.2) is 18.2 Å². The summed E-state index contributed by atoms with van der Waals surface area (Å²) < 4.78 is 0. The minimum absolute atomic E-state index is 0.0978. The predicted octanol–water partition coefficient (Wildman–Crippen LogP) is -0.544. The van der Waals surface area contributed by atoms with Gasteiger partial charge in [0.15, 0.2) is 0 Å². The molecule has 6 nitrogen and oxygen atoms in total. The summed E-state index contributed by atoms with van der Waals surface area (Å²) in [5.74, 6) is -0.815. The number of nitrogens with two attached hydrogens (primary N) is 3. The van der Waals surface area contributed by atoms with E-state index in [1.165, 1.54) is 12.1 Å². The van der Waals surface area contributed by atoms with Crippen molar-refractivity contribution in [1.29, 1.82) is 0 Å². The van der Waals surface area contributed by atoms with Gasteiger partial charge in [-0.2, -0.15) is 0 Å². The minimum Gasteiger partial charge on any atom is -0.399 e. The molecule has 1 rings (SSSR count). The lowest BCUT2D eigenvalue weighted by atomic mass is 10.1. The van der Waals surface area contributed by atoms with Gasteiger partial charge < -0.3 is 22.5 Å². The fourth-order valence-corrected chi connectivity index (χ4v) is 1.18. The van der Waals surface area contributed by atoms with E-state index >= 15 is 0 Å². The van der Waals surface area contributed by atoms with E-state index in [2.05, 4.69) is 5.32 Å². The Hall–Kier alpha value is -2.24. The highest BCUT2D eigenvalue weighted by molar-refractivity contribution is 5.99. The second-order valence-electron chi connectivity index (χ2n) is 3.32. The van der Waals surface area contributed by atoms with Gasteiger partial charge in [0.1, 0.15) is 0 Å². The molecule has 0 bridgehead atoms. The molecule has 86 valence electrons. The third-order valence-corrected chi connectivity index (χ3v) is 1.98. The number of amides is 2. The Bertz CT molecular complexity index is 417. The highest BCUT2D eigenvalue weighted by Crippen LogP contribution is 2.15. The van der Waals surface area contributed by atoms with Gasteiger partial charge >= 0.3 is 0 Å². The van der Waals surface area contributed by atoms with Gasteiger partial charge in [0.2, 0.25) is 5.91 Å². The smallest absolute Gasteiger partial charge is 0.253 e. The van der Waals surface area contributed by atoms with E-state index < -0.39 is 5.91 Å². The lowest BCUT2D eigenvalue weighted by Gasteiger charge is -2.07. The van der Waals surface area contributed by atoms with Gasteiger partial charge in [-0.05, 0) is 18.2 Å². The molecule has 0 aliphatic rings. The third-order valence-electron chi connectivity index (χ3n) is 1.98. The Kier molecular flexibility index (Phi) is 3.71. The van der Waals surface area contributed by atoms with Crippen LogP contribution in [0.1, 0.15) is 16.8 Å². The molecule has 0 radical (unpaired) electrons. The average molecular weight is 222 g/mol. The van der Waals surface area contributed by atoms with Crippen molar-refractivity contribution in [3.8, 4) is 0 Å². The number of carbonyl (C=O) groups excluding carboxylic acids is 2. The lowest BCUT2D eigenvalue weighted by molar-refractivity contribution is -0.117. The van der Waals surface area contributed by atoms with E-state index in [1.807, 2.05) is 0 Å². The number of nitrogen functional groups attached to an aromatic ring is 2. The lowest BCUT2D eigenvalue weighted by Crippen LogP contribution is -2.28. The molecule has 1 aromatic carbocycles. The van der Waals surface area contributed by atoms with Crippen molar-refractivity contribution < 1.29 is 9.59 Å². The fraction of sp³-hybridized carbons (Fsp3) is 0.200. The van der Waals surface area contributed by atoms with Gasteiger partial charge in [-0.3, -0.25) is 9.59 Å². The third kappa shape index (κ3) is 3.16. The number of carbonyl (C=O) groups is 2. The number of nitrogens with one attached hydrogen (secondary N) is 1. The Morgan fingerprint density at radius 3 is 2.50 bits per heavy atom. The maximum Gasteiger partial charge on any atom is 0.253 e. The van der Waals surface area contributed by atoms with Crippen LogP contribution < -0.4 is 22.5 Å². The van der Waals surface area contributed by atoms with Crippen molar-refractivity contribution in [3.05, 3.63) is 23.8 Å². The summed E-state index contributed by atoms with van der Waals surface area (Å²) in [5, 5.41) is 2.53. The molecule has 0 spiro atoms. The number of benzene rings is 1. The van der Waals surface area contributed by atoms with Crippen LogP contribution in [-0.4, -0.2) is 18.4 Å². The number of primary amides is 1. The number of rotatable bonds is 4. The van der Waals surface area contributed by atoms with Gasteiger partial charge in [-0.1, -0.05) is 0 Å². The van der Waals surface area contributed by atoms with Crippen molar-refractivity contribution in [1.82, 2.24) is 5.32 Å². The quantitative estimate of drug-likeness (QED) is 0.510. The highest BCUT2D eigenvalue weighted by Gasteiger charge is 2.09. The summed E-state index contributed by atoms with van der Waals surface area (Å²) in [6, 6.07) is 4.62. The average Bonchev–Trinajstić information content (AvgIpc) is 2.16. The maximum atomic E-state index is 11.6. The van der Waals surface area contributed by atoms with Crippen molar-refractivity contribution in [3.63, 3.8) is 0 Å². The molecule has 0 aliphatic carbocycles. The second kappa shape index (κ2) is 5.01. The first-order valence-corrected chi connectivity index (χ1v) is 4.72. The molecule has 0 atom stereocenters. The fourth-order valence-electron chi connectivity index (χ4n) is 1.18. The molecule has 0 fully saturated rings. The zero-order valence-corrected chi connectivity index (χ0v) is 8.69. The maximum absolute atomic E-state index is 11.6. The summed E-state index contributed by atoms with van der Waals surface area (Å²) >= 11 is 0. The molecule has 0 saturated carbocycles. The van der Waals surface area contributed by atoms with E-state index in [0.29, 0.717) is 16.9 Å². The molecule has 1 aromatic rings. The molecule has 0 aromatic heterocycles. The highest BCUT2D eigenvalue weighted by atomic mass is 16.2. The van der Waals surface area contributed by atoms with Crippen LogP contribution in [-0.2, 0) is 4.79 Å². The van der Waals surface area contributed by atoms with Crippen LogP contribution in [0.2, 0.25) is 0 Å². The predicted molar refractivity (Wildman–Crippen MR) is 61.4 cm³/mol. The molecule has 0 saturated heterocycles. The molecular formula is C10H14N4O2. The number of hydrogen-bond acceptors (Lipinski definition) is 4. The molecule has 7 N–H and O–H groups in total. The largest absolute Gasteiger partial charge is 0.399 e. The summed E-state index contributed by atoms with van der Waals surface area (Å²) in [6.07, 6.45) is 0.0978. The summed E-state index contributed by atoms with van der Waals surface area (Å²) in [5.41, 5.74) is 17.2. The first-order chi connectivity index (χ1) is 7.50. The zero-order chi connectivity index (χ0) is 12.1. The topological polar surface area (TPSA) is 124 Å². The Morgan fingerprint density at radius 1 is 1.25 bits per heavy atom. The van der Waals surface area contributed by atoms with E-state index in [0.717, 1.165) is 0 Å². The molecule has 2 amide bonds. The first kappa shape index (κ1) is 11.8. The second-order valence-corrected chi connectivity index (χ2v) is 3.32. The van der Waals surface area contributed by atoms with Crippen LogP contribution in [0.4, 0.5) is 11.4 Å². The van der Waals surface area contributed by atoms with E-state index in [9.17, 15) is 9.59 Å². The summed E-state index contributed by atoms with van der Waals surface area (Å²) in [6.45, 7) is 0.192. The Balaban J connectivity index is 2.63. The van der Waals surface area contributed by atoms with E-state index in [-0.39, 0.29) is 18.9 Å². The van der Waals surface area contributed by atoms with Crippen molar-refractivity contribution in [2.75, 3.05) is 18.0 Å². The number of hydrogen-bond donors (Lipinski definition) is 4.